The lowest BCUT2D eigenvalue weighted by Crippen LogP contribution is -2.01. The molecule has 0 radical (unpaired) electrons. The highest BCUT2D eigenvalue weighted by atomic mass is 16.5. The summed E-state index contributed by atoms with van der Waals surface area (Å²) in [6.45, 7) is 0. The number of H-pyrrole nitrogens is 1. The van der Waals surface area contributed by atoms with Crippen LogP contribution in [0.2, 0.25) is 0 Å². The number of hydrogen-bond donors (Lipinski definition) is 1. The number of aromatic nitrogens is 2. The SMILES string of the molecule is COc1nc(-c2c[nH]c3ccccc23)c(C#N)c(-c2ccco2)c1C#N. The van der Waals surface area contributed by atoms with E-state index in [1.165, 1.54) is 13.4 Å². The molecular weight excluding hydrogens is 328 g/mol. The number of nitrogens with zero attached hydrogens (tertiary/aromatic N) is 3. The van der Waals surface area contributed by atoms with Crippen molar-refractivity contribution in [1.29, 1.82) is 10.5 Å². The number of ether oxygens (including phenoxy) is 1. The highest BCUT2D eigenvalue weighted by Crippen LogP contribution is 2.39. The average Bonchev–Trinajstić information content (AvgIpc) is 3.36. The standard InChI is InChI=1S/C20H12N4O2/c1-25-20-14(10-22)18(17-7-4-8-26-17)13(9-21)19(24-20)15-11-23-16-6-3-2-5-12(15)16/h2-8,11,23H,1H3. The molecule has 0 aliphatic heterocycles. The highest BCUT2D eigenvalue weighted by molar-refractivity contribution is 5.97. The Balaban J connectivity index is 2.13. The molecule has 0 aliphatic rings. The van der Waals surface area contributed by atoms with Gasteiger partial charge in [0.1, 0.15) is 23.5 Å². The Kier molecular flexibility index (Phi) is 3.65. The van der Waals surface area contributed by atoms with Crippen LogP contribution in [0.25, 0.3) is 33.5 Å². The zero-order valence-electron chi connectivity index (χ0n) is 13.8. The van der Waals surface area contributed by atoms with Gasteiger partial charge in [0, 0.05) is 22.7 Å². The number of nitriles is 2. The largest absolute Gasteiger partial charge is 0.480 e. The molecule has 0 saturated carbocycles. The molecule has 0 bridgehead atoms. The van der Waals surface area contributed by atoms with E-state index in [2.05, 4.69) is 22.1 Å². The van der Waals surface area contributed by atoms with Crippen molar-refractivity contribution in [2.45, 2.75) is 0 Å². The number of aromatic amines is 1. The molecule has 0 fully saturated rings. The maximum Gasteiger partial charge on any atom is 0.232 e. The van der Waals surface area contributed by atoms with Gasteiger partial charge >= 0.3 is 0 Å². The molecule has 0 saturated heterocycles. The Morgan fingerprint density at radius 1 is 1.08 bits per heavy atom. The molecule has 0 spiro atoms. The molecule has 124 valence electrons. The maximum absolute atomic E-state index is 9.86. The van der Waals surface area contributed by atoms with Gasteiger partial charge in [0.05, 0.1) is 30.2 Å². The van der Waals surface area contributed by atoms with Crippen molar-refractivity contribution in [3.63, 3.8) is 0 Å². The lowest BCUT2D eigenvalue weighted by molar-refractivity contribution is 0.397. The maximum atomic E-state index is 9.86. The molecular formula is C20H12N4O2. The van der Waals surface area contributed by atoms with Crippen molar-refractivity contribution in [3.8, 4) is 40.6 Å². The topological polar surface area (TPSA) is 98.6 Å². The Morgan fingerprint density at radius 3 is 2.58 bits per heavy atom. The van der Waals surface area contributed by atoms with E-state index >= 15 is 0 Å². The molecule has 1 aromatic carbocycles. The molecule has 3 aromatic heterocycles. The zero-order valence-corrected chi connectivity index (χ0v) is 13.8. The van der Waals surface area contributed by atoms with Crippen LogP contribution < -0.4 is 4.74 Å². The fourth-order valence-electron chi connectivity index (χ4n) is 3.05. The van der Waals surface area contributed by atoms with E-state index in [4.69, 9.17) is 9.15 Å². The first-order chi connectivity index (χ1) is 12.8. The van der Waals surface area contributed by atoms with Crippen molar-refractivity contribution < 1.29 is 9.15 Å². The van der Waals surface area contributed by atoms with Gasteiger partial charge in [-0.2, -0.15) is 10.5 Å². The monoisotopic (exact) mass is 340 g/mol. The van der Waals surface area contributed by atoms with Crippen LogP contribution in [-0.2, 0) is 0 Å². The molecule has 1 N–H and O–H groups in total. The summed E-state index contributed by atoms with van der Waals surface area (Å²) in [6.07, 6.45) is 3.29. The Labute approximate surface area is 148 Å². The summed E-state index contributed by atoms with van der Waals surface area (Å²) in [5.74, 6) is 0.568. The van der Waals surface area contributed by atoms with Gasteiger partial charge in [0.2, 0.25) is 5.88 Å². The van der Waals surface area contributed by atoms with E-state index in [9.17, 15) is 10.5 Å². The van der Waals surface area contributed by atoms with E-state index in [0.717, 1.165) is 16.5 Å². The van der Waals surface area contributed by atoms with E-state index in [1.54, 1.807) is 18.3 Å². The van der Waals surface area contributed by atoms with Crippen LogP contribution in [0.5, 0.6) is 5.88 Å². The van der Waals surface area contributed by atoms with Gasteiger partial charge in [-0.3, -0.25) is 0 Å². The second kappa shape index (κ2) is 6.12. The van der Waals surface area contributed by atoms with Crippen molar-refractivity contribution in [2.75, 3.05) is 7.11 Å². The summed E-state index contributed by atoms with van der Waals surface area (Å²) in [4.78, 5) is 7.65. The molecule has 0 atom stereocenters. The van der Waals surface area contributed by atoms with Crippen LogP contribution in [0.15, 0.2) is 53.3 Å². The summed E-state index contributed by atoms with van der Waals surface area (Å²) in [5.41, 5.74) is 2.94. The van der Waals surface area contributed by atoms with E-state index < -0.39 is 0 Å². The van der Waals surface area contributed by atoms with Crippen LogP contribution in [0.4, 0.5) is 0 Å². The van der Waals surface area contributed by atoms with Crippen molar-refractivity contribution in [3.05, 3.63) is 60.0 Å². The van der Waals surface area contributed by atoms with Gasteiger partial charge in [-0.15, -0.1) is 0 Å². The number of para-hydroxylation sites is 1. The lowest BCUT2D eigenvalue weighted by Gasteiger charge is -2.12. The molecule has 3 heterocycles. The number of furan rings is 1. The minimum absolute atomic E-state index is 0.151. The van der Waals surface area contributed by atoms with E-state index in [-0.39, 0.29) is 17.0 Å². The van der Waals surface area contributed by atoms with Gasteiger partial charge in [-0.1, -0.05) is 18.2 Å². The summed E-state index contributed by atoms with van der Waals surface area (Å²) in [5, 5.41) is 20.4. The number of benzene rings is 1. The summed E-state index contributed by atoms with van der Waals surface area (Å²) in [7, 11) is 1.44. The quantitative estimate of drug-likeness (QED) is 0.601. The van der Waals surface area contributed by atoms with E-state index in [1.807, 2.05) is 24.3 Å². The summed E-state index contributed by atoms with van der Waals surface area (Å²) < 4.78 is 10.8. The summed E-state index contributed by atoms with van der Waals surface area (Å²) >= 11 is 0. The number of rotatable bonds is 3. The number of methoxy groups -OCH3 is 1. The molecule has 4 aromatic rings. The first kappa shape index (κ1) is 15.5. The Morgan fingerprint density at radius 2 is 1.88 bits per heavy atom. The van der Waals surface area contributed by atoms with Crippen LogP contribution in [0, 0.1) is 22.7 Å². The minimum atomic E-state index is 0.151. The normalized spacial score (nSPS) is 10.4. The second-order valence-corrected chi connectivity index (χ2v) is 5.54. The number of hydrogen-bond acceptors (Lipinski definition) is 5. The van der Waals surface area contributed by atoms with E-state index in [0.29, 0.717) is 17.0 Å². The van der Waals surface area contributed by atoms with Crippen LogP contribution in [-0.4, -0.2) is 17.1 Å². The van der Waals surface area contributed by atoms with Gasteiger partial charge in [0.25, 0.3) is 0 Å². The Bertz CT molecular complexity index is 1190. The number of pyridine rings is 1. The molecule has 0 unspecified atom stereocenters. The van der Waals surface area contributed by atoms with Crippen LogP contribution in [0.3, 0.4) is 0 Å². The number of nitrogens with one attached hydrogen (secondary N) is 1. The van der Waals surface area contributed by atoms with Crippen molar-refractivity contribution >= 4 is 10.9 Å². The summed E-state index contributed by atoms with van der Waals surface area (Å²) in [6, 6.07) is 15.4. The predicted octanol–water partition coefficient (Wildman–Crippen LogP) is 4.24. The average molecular weight is 340 g/mol. The Hall–Kier alpha value is -4.03. The zero-order chi connectivity index (χ0) is 18.1. The fourth-order valence-corrected chi connectivity index (χ4v) is 3.05. The number of fused-ring (bicyclic) bond motifs is 1. The third-order valence-corrected chi connectivity index (χ3v) is 4.19. The first-order valence-corrected chi connectivity index (χ1v) is 7.81. The van der Waals surface area contributed by atoms with Crippen LogP contribution >= 0.6 is 0 Å². The van der Waals surface area contributed by atoms with Crippen LogP contribution in [0.1, 0.15) is 11.1 Å². The molecule has 4 rings (SSSR count). The predicted molar refractivity (Wildman–Crippen MR) is 95.2 cm³/mol. The molecule has 6 nitrogen and oxygen atoms in total. The molecule has 6 heteroatoms. The minimum Gasteiger partial charge on any atom is -0.480 e. The van der Waals surface area contributed by atoms with Gasteiger partial charge in [-0.05, 0) is 18.2 Å². The first-order valence-electron chi connectivity index (χ1n) is 7.81. The highest BCUT2D eigenvalue weighted by Gasteiger charge is 2.25. The van der Waals surface area contributed by atoms with Gasteiger partial charge in [-0.25, -0.2) is 4.98 Å². The fraction of sp³-hybridized carbons (Fsp3) is 0.0500. The second-order valence-electron chi connectivity index (χ2n) is 5.54. The lowest BCUT2D eigenvalue weighted by atomic mass is 9.96. The molecule has 26 heavy (non-hydrogen) atoms. The third kappa shape index (κ3) is 2.21. The van der Waals surface area contributed by atoms with Crippen molar-refractivity contribution in [1.82, 2.24) is 9.97 Å². The smallest absolute Gasteiger partial charge is 0.232 e. The van der Waals surface area contributed by atoms with Gasteiger partial charge < -0.3 is 14.1 Å². The van der Waals surface area contributed by atoms with Crippen molar-refractivity contribution in [2.24, 2.45) is 0 Å². The molecule has 0 amide bonds. The third-order valence-electron chi connectivity index (χ3n) is 4.19. The molecule has 0 aliphatic carbocycles. The van der Waals surface area contributed by atoms with Gasteiger partial charge in [0.15, 0.2) is 0 Å².